The van der Waals surface area contributed by atoms with Gasteiger partial charge < -0.3 is 14.2 Å². The lowest BCUT2D eigenvalue weighted by Crippen LogP contribution is -2.05. The number of hydrogen-bond acceptors (Lipinski definition) is 3. The molecule has 0 aliphatic rings. The molecule has 2 rings (SSSR count). The molecule has 0 radical (unpaired) electrons. The first-order chi connectivity index (χ1) is 10.6. The Morgan fingerprint density at radius 3 is 2.82 bits per heavy atom. The van der Waals surface area contributed by atoms with Gasteiger partial charge in [0.1, 0.15) is 0 Å². The number of aliphatic carboxylic acids is 1. The molecule has 2 heterocycles. The van der Waals surface area contributed by atoms with Crippen LogP contribution in [0.3, 0.4) is 0 Å². The highest BCUT2D eigenvalue weighted by Crippen LogP contribution is 2.22. The van der Waals surface area contributed by atoms with Gasteiger partial charge in [0, 0.05) is 6.20 Å². The monoisotopic (exact) mass is 304 g/mol. The van der Waals surface area contributed by atoms with E-state index < -0.39 is 5.97 Å². The van der Waals surface area contributed by atoms with Gasteiger partial charge in [-0.05, 0) is 25.5 Å². The molecule has 0 atom stereocenters. The second kappa shape index (κ2) is 7.82. The second-order valence-corrected chi connectivity index (χ2v) is 5.54. The fourth-order valence-electron chi connectivity index (χ4n) is 2.56. The number of aryl methyl sites for hydroxylation is 1. The average molecular weight is 304 g/mol. The zero-order valence-electron chi connectivity index (χ0n) is 13.3. The SMILES string of the molecule is CCCCCCCOc1cccn2c(CC(=O)O)c(C)nc12. The summed E-state index contributed by atoms with van der Waals surface area (Å²) in [6.07, 6.45) is 7.76. The Labute approximate surface area is 130 Å². The number of carboxylic acids is 1. The van der Waals surface area contributed by atoms with E-state index in [-0.39, 0.29) is 6.42 Å². The van der Waals surface area contributed by atoms with Gasteiger partial charge in [-0.3, -0.25) is 4.79 Å². The normalized spacial score (nSPS) is 11.0. The minimum atomic E-state index is -0.854. The fourth-order valence-corrected chi connectivity index (χ4v) is 2.56. The van der Waals surface area contributed by atoms with E-state index in [1.54, 1.807) is 0 Å². The van der Waals surface area contributed by atoms with Crippen molar-refractivity contribution in [2.24, 2.45) is 0 Å². The summed E-state index contributed by atoms with van der Waals surface area (Å²) in [4.78, 5) is 15.4. The summed E-state index contributed by atoms with van der Waals surface area (Å²) in [6.45, 7) is 4.70. The molecular formula is C17H24N2O3. The molecule has 5 heteroatoms. The Morgan fingerprint density at radius 1 is 1.32 bits per heavy atom. The zero-order chi connectivity index (χ0) is 15.9. The van der Waals surface area contributed by atoms with Crippen molar-refractivity contribution in [2.45, 2.75) is 52.4 Å². The Balaban J connectivity index is 2.06. The smallest absolute Gasteiger partial charge is 0.309 e. The van der Waals surface area contributed by atoms with Crippen molar-refractivity contribution < 1.29 is 14.6 Å². The predicted molar refractivity (Wildman–Crippen MR) is 85.5 cm³/mol. The van der Waals surface area contributed by atoms with Crippen LogP contribution in [-0.4, -0.2) is 27.1 Å². The molecule has 0 saturated heterocycles. The summed E-state index contributed by atoms with van der Waals surface area (Å²) in [5.74, 6) is -0.134. The van der Waals surface area contributed by atoms with Crippen molar-refractivity contribution in [2.75, 3.05) is 6.61 Å². The minimum absolute atomic E-state index is 0.0343. The molecule has 2 aromatic rings. The Kier molecular flexibility index (Phi) is 5.81. The van der Waals surface area contributed by atoms with Gasteiger partial charge in [0.05, 0.1) is 24.4 Å². The van der Waals surface area contributed by atoms with Crippen molar-refractivity contribution in [1.29, 1.82) is 0 Å². The Bertz CT molecular complexity index is 634. The summed E-state index contributed by atoms with van der Waals surface area (Å²) >= 11 is 0. The summed E-state index contributed by atoms with van der Waals surface area (Å²) in [5, 5.41) is 9.01. The molecule has 22 heavy (non-hydrogen) atoms. The van der Waals surface area contributed by atoms with Crippen LogP contribution in [0.4, 0.5) is 0 Å². The quantitative estimate of drug-likeness (QED) is 0.719. The Hall–Kier alpha value is -2.04. The second-order valence-electron chi connectivity index (χ2n) is 5.54. The largest absolute Gasteiger partial charge is 0.490 e. The summed E-state index contributed by atoms with van der Waals surface area (Å²) in [5.41, 5.74) is 2.14. The summed E-state index contributed by atoms with van der Waals surface area (Å²) < 4.78 is 7.66. The maximum Gasteiger partial charge on any atom is 0.309 e. The van der Waals surface area contributed by atoms with Crippen LogP contribution < -0.4 is 4.74 Å². The molecule has 0 aliphatic carbocycles. The minimum Gasteiger partial charge on any atom is -0.490 e. The molecule has 1 N–H and O–H groups in total. The van der Waals surface area contributed by atoms with Crippen molar-refractivity contribution in [3.63, 3.8) is 0 Å². The maximum atomic E-state index is 11.0. The van der Waals surface area contributed by atoms with Crippen LogP contribution in [0.2, 0.25) is 0 Å². The molecule has 0 aliphatic heterocycles. The van der Waals surface area contributed by atoms with Crippen LogP contribution in [0, 0.1) is 6.92 Å². The van der Waals surface area contributed by atoms with Gasteiger partial charge in [-0.15, -0.1) is 0 Å². The lowest BCUT2D eigenvalue weighted by molar-refractivity contribution is -0.136. The summed E-state index contributed by atoms with van der Waals surface area (Å²) in [7, 11) is 0. The van der Waals surface area contributed by atoms with Crippen LogP contribution in [-0.2, 0) is 11.2 Å². The molecule has 0 unspecified atom stereocenters. The molecule has 0 spiro atoms. The van der Waals surface area contributed by atoms with Crippen LogP contribution in [0.5, 0.6) is 5.75 Å². The molecule has 2 aromatic heterocycles. The molecule has 5 nitrogen and oxygen atoms in total. The van der Waals surface area contributed by atoms with Gasteiger partial charge in [-0.1, -0.05) is 32.6 Å². The molecule has 0 fully saturated rings. The van der Waals surface area contributed by atoms with Crippen molar-refractivity contribution >= 4 is 11.6 Å². The molecule has 120 valence electrons. The van der Waals surface area contributed by atoms with Crippen LogP contribution in [0.1, 0.15) is 50.4 Å². The summed E-state index contributed by atoms with van der Waals surface area (Å²) in [6, 6.07) is 3.75. The van der Waals surface area contributed by atoms with Crippen LogP contribution >= 0.6 is 0 Å². The number of rotatable bonds is 9. The van der Waals surface area contributed by atoms with E-state index in [1.807, 2.05) is 29.7 Å². The van der Waals surface area contributed by atoms with Gasteiger partial charge in [0.2, 0.25) is 0 Å². The van der Waals surface area contributed by atoms with E-state index >= 15 is 0 Å². The van der Waals surface area contributed by atoms with E-state index in [1.165, 1.54) is 25.7 Å². The first-order valence-electron chi connectivity index (χ1n) is 7.94. The molecule has 0 amide bonds. The number of carbonyl (C=O) groups is 1. The number of fused-ring (bicyclic) bond motifs is 1. The van der Waals surface area contributed by atoms with E-state index in [2.05, 4.69) is 11.9 Å². The Morgan fingerprint density at radius 2 is 2.09 bits per heavy atom. The van der Waals surface area contributed by atoms with Gasteiger partial charge in [0.25, 0.3) is 0 Å². The molecule has 0 bridgehead atoms. The number of unbranched alkanes of at least 4 members (excludes halogenated alkanes) is 4. The van der Waals surface area contributed by atoms with Crippen LogP contribution in [0.15, 0.2) is 18.3 Å². The lowest BCUT2D eigenvalue weighted by Gasteiger charge is -2.08. The highest BCUT2D eigenvalue weighted by molar-refractivity contribution is 5.71. The number of ether oxygens (including phenoxy) is 1. The third-order valence-corrected chi connectivity index (χ3v) is 3.74. The van der Waals surface area contributed by atoms with Crippen molar-refractivity contribution in [3.8, 4) is 5.75 Å². The first-order valence-corrected chi connectivity index (χ1v) is 7.94. The number of imidazole rings is 1. The average Bonchev–Trinajstić information content (AvgIpc) is 2.79. The fraction of sp³-hybridized carbons (Fsp3) is 0.529. The highest BCUT2D eigenvalue weighted by atomic mass is 16.5. The molecular weight excluding hydrogens is 280 g/mol. The van der Waals surface area contributed by atoms with Crippen molar-refractivity contribution in [3.05, 3.63) is 29.7 Å². The molecule has 0 saturated carbocycles. The third kappa shape index (κ3) is 4.00. The highest BCUT2D eigenvalue weighted by Gasteiger charge is 2.14. The van der Waals surface area contributed by atoms with E-state index in [4.69, 9.17) is 9.84 Å². The number of aromatic nitrogens is 2. The van der Waals surface area contributed by atoms with Crippen LogP contribution in [0.25, 0.3) is 5.65 Å². The topological polar surface area (TPSA) is 63.8 Å². The standard InChI is InChI=1S/C17H24N2O3/c1-3-4-5-6-7-11-22-15-9-8-10-19-14(12-16(20)21)13(2)18-17(15)19/h8-10H,3-7,11-12H2,1-2H3,(H,20,21). The molecule has 0 aromatic carbocycles. The van der Waals surface area contributed by atoms with Crippen molar-refractivity contribution in [1.82, 2.24) is 9.38 Å². The first kappa shape index (κ1) is 16.3. The van der Waals surface area contributed by atoms with E-state index in [9.17, 15) is 4.79 Å². The maximum absolute atomic E-state index is 11.0. The zero-order valence-corrected chi connectivity index (χ0v) is 13.3. The lowest BCUT2D eigenvalue weighted by atomic mass is 10.2. The third-order valence-electron chi connectivity index (χ3n) is 3.74. The van der Waals surface area contributed by atoms with E-state index in [0.717, 1.165) is 17.9 Å². The van der Waals surface area contributed by atoms with E-state index in [0.29, 0.717) is 17.9 Å². The number of hydrogen-bond donors (Lipinski definition) is 1. The number of nitrogens with zero attached hydrogens (tertiary/aromatic N) is 2. The van der Waals surface area contributed by atoms with Gasteiger partial charge >= 0.3 is 5.97 Å². The van der Waals surface area contributed by atoms with Gasteiger partial charge in [-0.2, -0.15) is 0 Å². The number of carboxylic acid groups (broad SMARTS) is 1. The van der Waals surface area contributed by atoms with Gasteiger partial charge in [-0.25, -0.2) is 4.98 Å². The van der Waals surface area contributed by atoms with Gasteiger partial charge in [0.15, 0.2) is 11.4 Å². The predicted octanol–water partition coefficient (Wildman–Crippen LogP) is 3.62. The number of pyridine rings is 1.